The number of aliphatic imine (C=N–C) groups is 1. The van der Waals surface area contributed by atoms with Crippen LogP contribution in [0.4, 0.5) is 17.6 Å². The van der Waals surface area contributed by atoms with Gasteiger partial charge in [-0.1, -0.05) is 6.07 Å². The van der Waals surface area contributed by atoms with Gasteiger partial charge < -0.3 is 16.5 Å². The number of guanidine groups is 1. The van der Waals surface area contributed by atoms with Gasteiger partial charge in [-0.25, -0.2) is 19.4 Å². The number of halogens is 4. The maximum Gasteiger partial charge on any atom is 0.405 e. The number of carbonyl (C=O) groups excluding carboxylic acids is 1. The molecule has 8 nitrogen and oxygen atoms in total. The fourth-order valence-corrected chi connectivity index (χ4v) is 2.96. The van der Waals surface area contributed by atoms with E-state index in [1.807, 2.05) is 5.32 Å². The number of benzene rings is 1. The zero-order valence-electron chi connectivity index (χ0n) is 15.2. The molecule has 1 amide bonds. The first-order valence-corrected chi connectivity index (χ1v) is 8.41. The molecule has 0 spiro atoms. The van der Waals surface area contributed by atoms with Crippen LogP contribution in [-0.2, 0) is 10.3 Å². The number of carbonyl (C=O) groups is 1. The van der Waals surface area contributed by atoms with Gasteiger partial charge in [-0.2, -0.15) is 13.2 Å². The van der Waals surface area contributed by atoms with Crippen LogP contribution in [-0.4, -0.2) is 40.8 Å². The minimum absolute atomic E-state index is 0.0357. The summed E-state index contributed by atoms with van der Waals surface area (Å²) in [7, 11) is 0. The second kappa shape index (κ2) is 7.89. The number of amides is 1. The van der Waals surface area contributed by atoms with E-state index in [1.165, 1.54) is 30.9 Å². The van der Waals surface area contributed by atoms with Gasteiger partial charge >= 0.3 is 6.18 Å². The summed E-state index contributed by atoms with van der Waals surface area (Å²) in [6.07, 6.45) is 0.979. The third-order valence-electron chi connectivity index (χ3n) is 4.25. The van der Waals surface area contributed by atoms with Gasteiger partial charge in [0.1, 0.15) is 18.7 Å². The van der Waals surface area contributed by atoms with Crippen molar-refractivity contribution < 1.29 is 22.4 Å². The number of rotatable bonds is 6. The highest BCUT2D eigenvalue weighted by atomic mass is 19.4. The SMILES string of the molecule is N=C/C(=C\NCC(F)(F)F)C1(c2ccc(F)c(-c3cncnc3)c2)N=C(N)NC1=O. The molecule has 0 saturated heterocycles. The molecule has 1 aliphatic rings. The van der Waals surface area contributed by atoms with E-state index >= 15 is 0 Å². The van der Waals surface area contributed by atoms with Gasteiger partial charge in [0.05, 0.1) is 0 Å². The lowest BCUT2D eigenvalue weighted by molar-refractivity contribution is -0.122. The molecule has 0 fully saturated rings. The summed E-state index contributed by atoms with van der Waals surface area (Å²) in [4.78, 5) is 24.5. The largest absolute Gasteiger partial charge is 0.405 e. The van der Waals surface area contributed by atoms with Gasteiger partial charge in [0.25, 0.3) is 5.91 Å². The molecule has 0 aliphatic carbocycles. The average molecular weight is 421 g/mol. The topological polar surface area (TPSA) is 129 Å². The Balaban J connectivity index is 2.15. The molecule has 0 bridgehead atoms. The van der Waals surface area contributed by atoms with Gasteiger partial charge in [0.15, 0.2) is 11.5 Å². The molecule has 1 aromatic carbocycles. The fourth-order valence-electron chi connectivity index (χ4n) is 2.96. The second-order valence-electron chi connectivity index (χ2n) is 6.22. The van der Waals surface area contributed by atoms with Gasteiger partial charge in [-0.05, 0) is 17.7 Å². The molecule has 2 aromatic rings. The quantitative estimate of drug-likeness (QED) is 0.416. The average Bonchev–Trinajstić information content (AvgIpc) is 3.00. The first-order valence-electron chi connectivity index (χ1n) is 8.41. The Bertz CT molecular complexity index is 1040. The summed E-state index contributed by atoms with van der Waals surface area (Å²) in [5, 5.41) is 11.9. The normalized spacial score (nSPS) is 19.3. The first kappa shape index (κ1) is 20.9. The molecule has 12 heteroatoms. The molecule has 1 aromatic heterocycles. The Hall–Kier alpha value is -3.83. The number of alkyl halides is 3. The van der Waals surface area contributed by atoms with Crippen LogP contribution in [0.1, 0.15) is 5.56 Å². The van der Waals surface area contributed by atoms with E-state index in [9.17, 15) is 22.4 Å². The van der Waals surface area contributed by atoms with Crippen LogP contribution in [0.3, 0.4) is 0 Å². The lowest BCUT2D eigenvalue weighted by Crippen LogP contribution is -2.41. The molecule has 1 unspecified atom stereocenters. The van der Waals surface area contributed by atoms with E-state index in [2.05, 4.69) is 20.3 Å². The molecule has 1 atom stereocenters. The third kappa shape index (κ3) is 3.97. The predicted molar refractivity (Wildman–Crippen MR) is 99.8 cm³/mol. The maximum absolute atomic E-state index is 14.4. The zero-order valence-corrected chi connectivity index (χ0v) is 15.2. The number of hydrogen-bond acceptors (Lipinski definition) is 7. The Kier molecular flexibility index (Phi) is 5.49. The highest BCUT2D eigenvalue weighted by Crippen LogP contribution is 2.38. The van der Waals surface area contributed by atoms with Gasteiger partial charge in [-0.3, -0.25) is 10.1 Å². The molecule has 0 radical (unpaired) electrons. The van der Waals surface area contributed by atoms with Crippen LogP contribution in [0.2, 0.25) is 0 Å². The lowest BCUT2D eigenvalue weighted by atomic mass is 9.82. The second-order valence-corrected chi connectivity index (χ2v) is 6.22. The Morgan fingerprint density at radius 1 is 1.30 bits per heavy atom. The van der Waals surface area contributed by atoms with Crippen molar-refractivity contribution in [1.82, 2.24) is 20.6 Å². The monoisotopic (exact) mass is 421 g/mol. The maximum atomic E-state index is 14.4. The minimum atomic E-state index is -4.52. The highest BCUT2D eigenvalue weighted by molar-refractivity contribution is 6.12. The Labute approximate surface area is 167 Å². The van der Waals surface area contributed by atoms with Crippen molar-refractivity contribution >= 4 is 18.1 Å². The molecule has 30 heavy (non-hydrogen) atoms. The van der Waals surface area contributed by atoms with E-state index in [4.69, 9.17) is 11.1 Å². The summed E-state index contributed by atoms with van der Waals surface area (Å²) in [6.45, 7) is -1.39. The summed E-state index contributed by atoms with van der Waals surface area (Å²) >= 11 is 0. The molecule has 0 saturated carbocycles. The first-order chi connectivity index (χ1) is 14.2. The van der Waals surface area contributed by atoms with Crippen molar-refractivity contribution in [3.63, 3.8) is 0 Å². The lowest BCUT2D eigenvalue weighted by Gasteiger charge is -2.25. The number of nitrogens with two attached hydrogens (primary N) is 1. The van der Waals surface area contributed by atoms with Gasteiger partial charge in [0.2, 0.25) is 0 Å². The van der Waals surface area contributed by atoms with Gasteiger partial charge in [0, 0.05) is 41.5 Å². The molecule has 156 valence electrons. The summed E-state index contributed by atoms with van der Waals surface area (Å²) in [5.41, 5.74) is 3.84. The summed E-state index contributed by atoms with van der Waals surface area (Å²) in [5.74, 6) is -1.74. The predicted octanol–water partition coefficient (Wildman–Crippen LogP) is 1.61. The van der Waals surface area contributed by atoms with E-state index in [0.717, 1.165) is 12.3 Å². The number of nitrogens with one attached hydrogen (secondary N) is 3. The van der Waals surface area contributed by atoms with Crippen LogP contribution in [0.15, 0.2) is 53.7 Å². The van der Waals surface area contributed by atoms with E-state index in [0.29, 0.717) is 11.8 Å². The molecule has 3 rings (SSSR count). The van der Waals surface area contributed by atoms with Crippen molar-refractivity contribution in [2.75, 3.05) is 6.54 Å². The highest BCUT2D eigenvalue weighted by Gasteiger charge is 2.48. The molecule has 5 N–H and O–H groups in total. The molecular formula is C18H15F4N7O. The van der Waals surface area contributed by atoms with Crippen molar-refractivity contribution in [3.05, 3.63) is 60.1 Å². The summed E-state index contributed by atoms with van der Waals surface area (Å²) < 4.78 is 51.9. The van der Waals surface area contributed by atoms with E-state index < -0.39 is 30.0 Å². The number of hydrogen-bond donors (Lipinski definition) is 4. The molecular weight excluding hydrogens is 406 g/mol. The van der Waals surface area contributed by atoms with Crippen molar-refractivity contribution in [2.24, 2.45) is 10.7 Å². The minimum Gasteiger partial charge on any atom is -0.382 e. The number of nitrogens with zero attached hydrogens (tertiary/aromatic N) is 3. The number of aromatic nitrogens is 2. The van der Waals surface area contributed by atoms with Crippen LogP contribution in [0.25, 0.3) is 11.1 Å². The fraction of sp³-hybridized carbons (Fsp3) is 0.167. The third-order valence-corrected chi connectivity index (χ3v) is 4.25. The van der Waals surface area contributed by atoms with Crippen molar-refractivity contribution in [3.8, 4) is 11.1 Å². The summed E-state index contributed by atoms with van der Waals surface area (Å²) in [6, 6.07) is 3.60. The standard InChI is InChI=1S/C18H15F4N7O/c19-14-2-1-11(3-13(14)10-5-26-9-27-6-10)18(15(30)28-16(24)29-18)12(4-23)7-25-8-17(20,21)22/h1-7,9,23,25H,8H2,(H3,24,28,29,30)/b12-7+,23-4?. The zero-order chi connectivity index (χ0) is 21.9. The molecule has 2 heterocycles. The van der Waals surface area contributed by atoms with Crippen LogP contribution >= 0.6 is 0 Å². The molecule has 1 aliphatic heterocycles. The van der Waals surface area contributed by atoms with Crippen LogP contribution in [0.5, 0.6) is 0 Å². The smallest absolute Gasteiger partial charge is 0.382 e. The van der Waals surface area contributed by atoms with Crippen LogP contribution in [0, 0.1) is 11.2 Å². The Morgan fingerprint density at radius 2 is 2.00 bits per heavy atom. The van der Waals surface area contributed by atoms with E-state index in [-0.39, 0.29) is 22.7 Å². The van der Waals surface area contributed by atoms with Crippen molar-refractivity contribution in [1.29, 1.82) is 5.41 Å². The van der Waals surface area contributed by atoms with Gasteiger partial charge in [-0.15, -0.1) is 0 Å². The van der Waals surface area contributed by atoms with Crippen LogP contribution < -0.4 is 16.4 Å². The van der Waals surface area contributed by atoms with Crippen molar-refractivity contribution in [2.45, 2.75) is 11.7 Å². The van der Waals surface area contributed by atoms with E-state index in [1.54, 1.807) is 0 Å². The Morgan fingerprint density at radius 3 is 2.57 bits per heavy atom.